The molecular formula is C12H19N3O2S. The van der Waals surface area contributed by atoms with Gasteiger partial charge in [-0.3, -0.25) is 0 Å². The Morgan fingerprint density at radius 3 is 2.94 bits per heavy atom. The van der Waals surface area contributed by atoms with E-state index in [0.717, 1.165) is 18.5 Å². The van der Waals surface area contributed by atoms with E-state index in [9.17, 15) is 8.42 Å². The number of nitrogens with one attached hydrogen (secondary N) is 2. The highest BCUT2D eigenvalue weighted by Crippen LogP contribution is 2.32. The van der Waals surface area contributed by atoms with E-state index in [1.54, 1.807) is 0 Å². The van der Waals surface area contributed by atoms with Crippen LogP contribution in [0.3, 0.4) is 0 Å². The molecule has 5 nitrogen and oxygen atoms in total. The van der Waals surface area contributed by atoms with Crippen molar-refractivity contribution in [2.24, 2.45) is 0 Å². The standard InChI is InChI=1S/C12H19N3O2S/c1-14-18(16,17)7-6-15-12-5-2-9-8-10(13)3-4-11(9)12/h3-4,8,12,14-15H,2,5-7,13H2,1H3. The van der Waals surface area contributed by atoms with Gasteiger partial charge in [0.15, 0.2) is 0 Å². The van der Waals surface area contributed by atoms with Crippen molar-refractivity contribution >= 4 is 15.7 Å². The van der Waals surface area contributed by atoms with Crippen LogP contribution >= 0.6 is 0 Å². The fourth-order valence-electron chi connectivity index (χ4n) is 2.32. The van der Waals surface area contributed by atoms with Crippen LogP contribution in [0.2, 0.25) is 0 Å². The summed E-state index contributed by atoms with van der Waals surface area (Å²) in [5.41, 5.74) is 9.04. The minimum atomic E-state index is -3.13. The van der Waals surface area contributed by atoms with Gasteiger partial charge in [0.25, 0.3) is 0 Å². The lowest BCUT2D eigenvalue weighted by Gasteiger charge is -2.14. The molecule has 6 heteroatoms. The van der Waals surface area contributed by atoms with Gasteiger partial charge in [-0.2, -0.15) is 0 Å². The van der Waals surface area contributed by atoms with E-state index in [1.165, 1.54) is 18.2 Å². The van der Waals surface area contributed by atoms with E-state index < -0.39 is 10.0 Å². The third-order valence-electron chi connectivity index (χ3n) is 3.32. The largest absolute Gasteiger partial charge is 0.399 e. The van der Waals surface area contributed by atoms with E-state index in [4.69, 9.17) is 5.73 Å². The number of rotatable bonds is 5. The van der Waals surface area contributed by atoms with Gasteiger partial charge in [0.2, 0.25) is 10.0 Å². The second-order valence-electron chi connectivity index (χ2n) is 4.53. The zero-order valence-corrected chi connectivity index (χ0v) is 11.3. The molecule has 1 aromatic rings. The Morgan fingerprint density at radius 1 is 1.44 bits per heavy atom. The smallest absolute Gasteiger partial charge is 0.212 e. The van der Waals surface area contributed by atoms with Crippen molar-refractivity contribution in [1.82, 2.24) is 10.0 Å². The first-order valence-electron chi connectivity index (χ1n) is 6.05. The topological polar surface area (TPSA) is 84.2 Å². The number of sulfonamides is 1. The Hall–Kier alpha value is -1.11. The third-order valence-corrected chi connectivity index (χ3v) is 4.68. The van der Waals surface area contributed by atoms with Crippen LogP contribution in [0.5, 0.6) is 0 Å². The molecule has 0 heterocycles. The van der Waals surface area contributed by atoms with Gasteiger partial charge in [-0.1, -0.05) is 6.07 Å². The van der Waals surface area contributed by atoms with Gasteiger partial charge in [-0.25, -0.2) is 13.1 Å². The van der Waals surface area contributed by atoms with Crippen LogP contribution in [0.1, 0.15) is 23.6 Å². The lowest BCUT2D eigenvalue weighted by molar-refractivity contribution is 0.539. The zero-order valence-electron chi connectivity index (χ0n) is 10.4. The van der Waals surface area contributed by atoms with Crippen molar-refractivity contribution in [2.45, 2.75) is 18.9 Å². The summed E-state index contributed by atoms with van der Waals surface area (Å²) in [6, 6.07) is 6.17. The molecular weight excluding hydrogens is 250 g/mol. The van der Waals surface area contributed by atoms with E-state index in [1.807, 2.05) is 18.2 Å². The Morgan fingerprint density at radius 2 is 2.22 bits per heavy atom. The maximum atomic E-state index is 11.3. The molecule has 1 unspecified atom stereocenters. The first-order valence-corrected chi connectivity index (χ1v) is 7.70. The second-order valence-corrected chi connectivity index (χ2v) is 6.57. The molecule has 100 valence electrons. The van der Waals surface area contributed by atoms with Crippen molar-refractivity contribution in [2.75, 3.05) is 25.1 Å². The van der Waals surface area contributed by atoms with Crippen LogP contribution in [0.25, 0.3) is 0 Å². The van der Waals surface area contributed by atoms with Crippen molar-refractivity contribution in [1.29, 1.82) is 0 Å². The molecule has 1 aliphatic carbocycles. The molecule has 1 aliphatic rings. The highest BCUT2D eigenvalue weighted by atomic mass is 32.2. The molecule has 4 N–H and O–H groups in total. The molecule has 1 atom stereocenters. The predicted molar refractivity (Wildman–Crippen MR) is 72.8 cm³/mol. The van der Waals surface area contributed by atoms with Crippen LogP contribution in [0.15, 0.2) is 18.2 Å². The number of fused-ring (bicyclic) bond motifs is 1. The SMILES string of the molecule is CNS(=O)(=O)CCNC1CCc2cc(N)ccc21. The molecule has 2 rings (SSSR count). The number of hydrogen-bond acceptors (Lipinski definition) is 4. The van der Waals surface area contributed by atoms with Gasteiger partial charge in [0.1, 0.15) is 0 Å². The lowest BCUT2D eigenvalue weighted by Crippen LogP contribution is -2.31. The first kappa shape index (κ1) is 13.3. The van der Waals surface area contributed by atoms with Crippen molar-refractivity contribution in [3.05, 3.63) is 29.3 Å². The van der Waals surface area contributed by atoms with E-state index in [0.29, 0.717) is 6.54 Å². The summed E-state index contributed by atoms with van der Waals surface area (Å²) in [5.74, 6) is 0.101. The number of anilines is 1. The summed E-state index contributed by atoms with van der Waals surface area (Å²) < 4.78 is 24.9. The fraction of sp³-hybridized carbons (Fsp3) is 0.500. The summed E-state index contributed by atoms with van der Waals surface area (Å²) in [6.07, 6.45) is 2.00. The van der Waals surface area contributed by atoms with Gasteiger partial charge in [-0.05, 0) is 43.1 Å². The molecule has 0 bridgehead atoms. The molecule has 0 saturated heterocycles. The van der Waals surface area contributed by atoms with Crippen molar-refractivity contribution in [3.8, 4) is 0 Å². The highest BCUT2D eigenvalue weighted by Gasteiger charge is 2.22. The normalized spacial score (nSPS) is 18.8. The summed E-state index contributed by atoms with van der Waals surface area (Å²) in [7, 11) is -1.69. The molecule has 18 heavy (non-hydrogen) atoms. The van der Waals surface area contributed by atoms with Crippen LogP contribution in [0, 0.1) is 0 Å². The number of nitrogen functional groups attached to an aromatic ring is 1. The predicted octanol–water partition coefficient (Wildman–Crippen LogP) is 0.395. The van der Waals surface area contributed by atoms with Gasteiger partial charge in [0, 0.05) is 18.3 Å². The van der Waals surface area contributed by atoms with Gasteiger partial charge in [0.05, 0.1) is 5.75 Å². The number of aryl methyl sites for hydroxylation is 1. The fourth-order valence-corrected chi connectivity index (χ4v) is 2.91. The van der Waals surface area contributed by atoms with Gasteiger partial charge >= 0.3 is 0 Å². The number of nitrogens with two attached hydrogens (primary N) is 1. The average molecular weight is 269 g/mol. The summed E-state index contributed by atoms with van der Waals surface area (Å²) in [4.78, 5) is 0. The van der Waals surface area contributed by atoms with Crippen LogP contribution in [0.4, 0.5) is 5.69 Å². The molecule has 0 radical (unpaired) electrons. The van der Waals surface area contributed by atoms with Crippen molar-refractivity contribution < 1.29 is 8.42 Å². The number of hydrogen-bond donors (Lipinski definition) is 3. The third kappa shape index (κ3) is 3.01. The summed E-state index contributed by atoms with van der Waals surface area (Å²) in [6.45, 7) is 0.456. The maximum absolute atomic E-state index is 11.3. The van der Waals surface area contributed by atoms with Crippen LogP contribution in [-0.4, -0.2) is 27.8 Å². The van der Waals surface area contributed by atoms with Crippen LogP contribution in [-0.2, 0) is 16.4 Å². The minimum Gasteiger partial charge on any atom is -0.399 e. The number of benzene rings is 1. The van der Waals surface area contributed by atoms with E-state index >= 15 is 0 Å². The Bertz CT molecular complexity index is 528. The molecule has 1 aromatic carbocycles. The van der Waals surface area contributed by atoms with Crippen molar-refractivity contribution in [3.63, 3.8) is 0 Å². The molecule has 0 fully saturated rings. The van der Waals surface area contributed by atoms with E-state index in [2.05, 4.69) is 10.0 Å². The molecule has 0 amide bonds. The second kappa shape index (κ2) is 5.26. The highest BCUT2D eigenvalue weighted by molar-refractivity contribution is 7.89. The average Bonchev–Trinajstić information content (AvgIpc) is 2.71. The zero-order chi connectivity index (χ0) is 13.2. The van der Waals surface area contributed by atoms with Gasteiger partial charge in [-0.15, -0.1) is 0 Å². The minimum absolute atomic E-state index is 0.101. The Kier molecular flexibility index (Phi) is 3.89. The molecule has 0 saturated carbocycles. The van der Waals surface area contributed by atoms with Gasteiger partial charge < -0.3 is 11.1 Å². The Labute approximate surface area is 108 Å². The van der Waals surface area contributed by atoms with Crippen LogP contribution < -0.4 is 15.8 Å². The quantitative estimate of drug-likeness (QED) is 0.675. The monoisotopic (exact) mass is 269 g/mol. The molecule has 0 spiro atoms. The lowest BCUT2D eigenvalue weighted by atomic mass is 10.1. The molecule has 0 aliphatic heterocycles. The maximum Gasteiger partial charge on any atom is 0.212 e. The first-order chi connectivity index (χ1) is 8.52. The van der Waals surface area contributed by atoms with E-state index in [-0.39, 0.29) is 11.8 Å². The molecule has 0 aromatic heterocycles. The summed E-state index contributed by atoms with van der Waals surface area (Å²) in [5, 5.41) is 3.29. The summed E-state index contributed by atoms with van der Waals surface area (Å²) >= 11 is 0. The Balaban J connectivity index is 1.94.